The lowest BCUT2D eigenvalue weighted by Crippen LogP contribution is -2.32. The molecule has 0 bridgehead atoms. The predicted octanol–water partition coefficient (Wildman–Crippen LogP) is 3.54. The summed E-state index contributed by atoms with van der Waals surface area (Å²) in [6.07, 6.45) is 3.85. The van der Waals surface area contributed by atoms with Gasteiger partial charge in [-0.2, -0.15) is 4.31 Å². The van der Waals surface area contributed by atoms with E-state index < -0.39 is 10.0 Å². The van der Waals surface area contributed by atoms with Crippen molar-refractivity contribution in [1.29, 1.82) is 0 Å². The number of carbonyl (C=O) groups is 1. The fourth-order valence-electron chi connectivity index (χ4n) is 3.62. The molecule has 2 aliphatic rings. The molecule has 1 amide bonds. The second kappa shape index (κ2) is 8.04. The predicted molar refractivity (Wildman–Crippen MR) is 109 cm³/mol. The van der Waals surface area contributed by atoms with Crippen LogP contribution in [0.5, 0.6) is 11.5 Å². The number of carbonyl (C=O) groups excluding carboxylic acids is 1. The van der Waals surface area contributed by atoms with E-state index in [-0.39, 0.29) is 17.6 Å². The Morgan fingerprint density at radius 2 is 1.69 bits per heavy atom. The van der Waals surface area contributed by atoms with Gasteiger partial charge in [0, 0.05) is 24.3 Å². The van der Waals surface area contributed by atoms with Crippen LogP contribution in [-0.4, -0.2) is 38.5 Å². The first-order valence-corrected chi connectivity index (χ1v) is 11.2. The summed E-state index contributed by atoms with van der Waals surface area (Å²) in [6, 6.07) is 9.91. The number of anilines is 1. The number of fused-ring (bicyclic) bond motifs is 1. The van der Waals surface area contributed by atoms with E-state index in [2.05, 4.69) is 5.32 Å². The standard InChI is InChI=1S/C21H24N2O5S/c1-15-6-8-17(13-20(15)29(25,26)23-10-4-2-3-5-11-23)22-21(24)16-7-9-18-19(12-16)28-14-27-18/h6-9,12-13H,2-5,10-11,14H2,1H3,(H,22,24). The molecule has 7 nitrogen and oxygen atoms in total. The molecule has 0 unspecified atom stereocenters. The SMILES string of the molecule is Cc1ccc(NC(=O)c2ccc3c(c2)OCO3)cc1S(=O)(=O)N1CCCCCC1. The number of nitrogens with zero attached hydrogens (tertiary/aromatic N) is 1. The highest BCUT2D eigenvalue weighted by atomic mass is 32.2. The smallest absolute Gasteiger partial charge is 0.255 e. The summed E-state index contributed by atoms with van der Waals surface area (Å²) in [5.74, 6) is 0.777. The highest BCUT2D eigenvalue weighted by Gasteiger charge is 2.27. The molecule has 29 heavy (non-hydrogen) atoms. The quantitative estimate of drug-likeness (QED) is 0.824. The average Bonchev–Trinajstić information content (AvgIpc) is 3.00. The van der Waals surface area contributed by atoms with Crippen molar-refractivity contribution < 1.29 is 22.7 Å². The van der Waals surface area contributed by atoms with Crippen LogP contribution in [0.15, 0.2) is 41.3 Å². The molecule has 0 aromatic heterocycles. The summed E-state index contributed by atoms with van der Waals surface area (Å²) in [5, 5.41) is 2.79. The number of amides is 1. The van der Waals surface area contributed by atoms with Gasteiger partial charge in [0.05, 0.1) is 4.90 Å². The van der Waals surface area contributed by atoms with Crippen molar-refractivity contribution in [3.05, 3.63) is 47.5 Å². The molecule has 8 heteroatoms. The number of ether oxygens (including phenoxy) is 2. The maximum absolute atomic E-state index is 13.2. The lowest BCUT2D eigenvalue weighted by Gasteiger charge is -2.21. The van der Waals surface area contributed by atoms with Crippen molar-refractivity contribution in [2.24, 2.45) is 0 Å². The molecule has 0 saturated carbocycles. The van der Waals surface area contributed by atoms with Crippen LogP contribution in [0.25, 0.3) is 0 Å². The molecule has 154 valence electrons. The summed E-state index contributed by atoms with van der Waals surface area (Å²) in [7, 11) is -3.60. The van der Waals surface area contributed by atoms with Gasteiger partial charge in [-0.25, -0.2) is 8.42 Å². The van der Waals surface area contributed by atoms with E-state index in [1.165, 1.54) is 0 Å². The fraction of sp³-hybridized carbons (Fsp3) is 0.381. The zero-order chi connectivity index (χ0) is 20.4. The summed E-state index contributed by atoms with van der Waals surface area (Å²) < 4.78 is 38.5. The van der Waals surface area contributed by atoms with Crippen LogP contribution in [0.4, 0.5) is 5.69 Å². The van der Waals surface area contributed by atoms with Crippen molar-refractivity contribution >= 4 is 21.6 Å². The summed E-state index contributed by atoms with van der Waals surface area (Å²) in [4.78, 5) is 12.9. The van der Waals surface area contributed by atoms with E-state index in [4.69, 9.17) is 9.47 Å². The monoisotopic (exact) mass is 416 g/mol. The molecule has 0 atom stereocenters. The van der Waals surface area contributed by atoms with Crippen molar-refractivity contribution in [2.45, 2.75) is 37.5 Å². The third kappa shape index (κ3) is 4.09. The highest BCUT2D eigenvalue weighted by molar-refractivity contribution is 7.89. The lowest BCUT2D eigenvalue weighted by atomic mass is 10.1. The van der Waals surface area contributed by atoms with E-state index in [9.17, 15) is 13.2 Å². The molecular weight excluding hydrogens is 392 g/mol. The maximum atomic E-state index is 13.2. The Bertz CT molecular complexity index is 1030. The van der Waals surface area contributed by atoms with Crippen molar-refractivity contribution in [2.75, 3.05) is 25.2 Å². The number of aryl methyl sites for hydroxylation is 1. The summed E-state index contributed by atoms with van der Waals surface area (Å²) in [6.45, 7) is 2.98. The summed E-state index contributed by atoms with van der Waals surface area (Å²) >= 11 is 0. The van der Waals surface area contributed by atoms with Gasteiger partial charge in [-0.3, -0.25) is 4.79 Å². The molecule has 2 heterocycles. The van der Waals surface area contributed by atoms with Crippen LogP contribution in [-0.2, 0) is 10.0 Å². The van der Waals surface area contributed by atoms with Gasteiger partial charge >= 0.3 is 0 Å². The van der Waals surface area contributed by atoms with Crippen molar-refractivity contribution in [3.63, 3.8) is 0 Å². The number of rotatable bonds is 4. The van der Waals surface area contributed by atoms with Gasteiger partial charge in [-0.05, 0) is 55.7 Å². The van der Waals surface area contributed by atoms with Gasteiger partial charge in [0.15, 0.2) is 11.5 Å². The molecule has 1 N–H and O–H groups in total. The third-order valence-electron chi connectivity index (χ3n) is 5.26. The van der Waals surface area contributed by atoms with Gasteiger partial charge < -0.3 is 14.8 Å². The Labute approximate surface area is 170 Å². The first kappa shape index (κ1) is 19.7. The second-order valence-corrected chi connectivity index (χ2v) is 9.23. The minimum atomic E-state index is -3.60. The van der Waals surface area contributed by atoms with Crippen LogP contribution in [0.1, 0.15) is 41.6 Å². The molecular formula is C21H24N2O5S. The molecule has 2 aliphatic heterocycles. The minimum absolute atomic E-state index is 0.135. The summed E-state index contributed by atoms with van der Waals surface area (Å²) in [5.41, 5.74) is 1.51. The molecule has 1 saturated heterocycles. The number of benzene rings is 2. The van der Waals surface area contributed by atoms with Gasteiger partial charge in [-0.1, -0.05) is 18.9 Å². The van der Waals surface area contributed by atoms with Crippen molar-refractivity contribution in [1.82, 2.24) is 4.31 Å². The molecule has 0 radical (unpaired) electrons. The first-order chi connectivity index (χ1) is 13.9. The number of hydrogen-bond acceptors (Lipinski definition) is 5. The number of nitrogens with one attached hydrogen (secondary N) is 1. The number of hydrogen-bond donors (Lipinski definition) is 1. The first-order valence-electron chi connectivity index (χ1n) is 9.77. The Hall–Kier alpha value is -2.58. The normalized spacial score (nSPS) is 17.0. The minimum Gasteiger partial charge on any atom is -0.454 e. The molecule has 0 spiro atoms. The molecule has 4 rings (SSSR count). The highest BCUT2D eigenvalue weighted by Crippen LogP contribution is 2.33. The van der Waals surface area contributed by atoms with Crippen LogP contribution in [0.3, 0.4) is 0 Å². The Morgan fingerprint density at radius 3 is 2.45 bits per heavy atom. The van der Waals surface area contributed by atoms with Gasteiger partial charge in [0.1, 0.15) is 0 Å². The van der Waals surface area contributed by atoms with Crippen LogP contribution >= 0.6 is 0 Å². The largest absolute Gasteiger partial charge is 0.454 e. The zero-order valence-corrected chi connectivity index (χ0v) is 17.1. The molecule has 1 fully saturated rings. The Balaban J connectivity index is 1.57. The topological polar surface area (TPSA) is 84.9 Å². The molecule has 0 aliphatic carbocycles. The number of sulfonamides is 1. The maximum Gasteiger partial charge on any atom is 0.255 e. The van der Waals surface area contributed by atoms with Crippen molar-refractivity contribution in [3.8, 4) is 11.5 Å². The third-order valence-corrected chi connectivity index (χ3v) is 7.30. The molecule has 2 aromatic carbocycles. The lowest BCUT2D eigenvalue weighted by molar-refractivity contribution is 0.102. The van der Waals surface area contributed by atoms with Gasteiger partial charge in [0.25, 0.3) is 5.91 Å². The second-order valence-electron chi connectivity index (χ2n) is 7.32. The van der Waals surface area contributed by atoms with Crippen LogP contribution in [0.2, 0.25) is 0 Å². The van der Waals surface area contributed by atoms with E-state index in [0.29, 0.717) is 41.4 Å². The van der Waals surface area contributed by atoms with Crippen LogP contribution < -0.4 is 14.8 Å². The Kier molecular flexibility index (Phi) is 5.47. The van der Waals surface area contributed by atoms with E-state index in [1.807, 2.05) is 0 Å². The van der Waals surface area contributed by atoms with E-state index in [0.717, 1.165) is 25.7 Å². The molecule has 2 aromatic rings. The van der Waals surface area contributed by atoms with Crippen LogP contribution in [0, 0.1) is 6.92 Å². The zero-order valence-electron chi connectivity index (χ0n) is 16.3. The van der Waals surface area contributed by atoms with Gasteiger partial charge in [0.2, 0.25) is 16.8 Å². The fourth-order valence-corrected chi connectivity index (χ4v) is 5.39. The van der Waals surface area contributed by atoms with Gasteiger partial charge in [-0.15, -0.1) is 0 Å². The van der Waals surface area contributed by atoms with E-state index >= 15 is 0 Å². The average molecular weight is 416 g/mol. The Morgan fingerprint density at radius 1 is 0.966 bits per heavy atom. The van der Waals surface area contributed by atoms with E-state index in [1.54, 1.807) is 47.6 Å².